The molecule has 0 N–H and O–H groups in total. The van der Waals surface area contributed by atoms with Crippen LogP contribution in [-0.2, 0) is 28.7 Å². The number of ether oxygens (including phenoxy) is 2. The molecule has 212 valence electrons. The second-order valence-electron chi connectivity index (χ2n) is 9.79. The van der Waals surface area contributed by atoms with Gasteiger partial charge in [0.25, 0.3) is 0 Å². The molecule has 0 aromatic rings. The molecule has 0 amide bonds. The number of rotatable bonds is 26. The fourth-order valence-electron chi connectivity index (χ4n) is 3.86. The van der Waals surface area contributed by atoms with Crippen LogP contribution in [0.15, 0.2) is 0 Å². The maximum Gasteiger partial charge on any atom is 0.325 e. The van der Waals surface area contributed by atoms with Gasteiger partial charge in [-0.3, -0.25) is 14.4 Å². The molecule has 0 radical (unpaired) electrons. The number of hydroxylamine groups is 2. The van der Waals surface area contributed by atoms with Crippen LogP contribution < -0.4 is 0 Å². The predicted octanol–water partition coefficient (Wildman–Crippen LogP) is 8.00. The molecular weight excluding hydrogens is 458 g/mol. The van der Waals surface area contributed by atoms with Gasteiger partial charge >= 0.3 is 17.9 Å². The summed E-state index contributed by atoms with van der Waals surface area (Å²) in [6, 6.07) is 0. The van der Waals surface area contributed by atoms with Crippen LogP contribution in [0, 0.1) is 0 Å². The third-order valence-electron chi connectivity index (χ3n) is 6.17. The predicted molar refractivity (Wildman–Crippen MR) is 144 cm³/mol. The molecule has 0 atom stereocenters. The lowest BCUT2D eigenvalue weighted by atomic mass is 10.1. The zero-order valence-corrected chi connectivity index (χ0v) is 23.7. The first-order chi connectivity index (χ1) is 17.5. The van der Waals surface area contributed by atoms with E-state index in [1.54, 1.807) is 0 Å². The fraction of sp³-hybridized carbons (Fsp3) is 0.897. The summed E-state index contributed by atoms with van der Waals surface area (Å²) in [7, 11) is 0. The summed E-state index contributed by atoms with van der Waals surface area (Å²) in [6.45, 7) is 6.06. The normalized spacial score (nSPS) is 11.0. The van der Waals surface area contributed by atoms with Crippen LogP contribution in [0.1, 0.15) is 156 Å². The van der Waals surface area contributed by atoms with Crippen molar-refractivity contribution in [2.75, 3.05) is 13.5 Å². The highest BCUT2D eigenvalue weighted by Gasteiger charge is 2.16. The van der Waals surface area contributed by atoms with E-state index in [1.807, 2.05) is 0 Å². The van der Waals surface area contributed by atoms with Gasteiger partial charge < -0.3 is 14.3 Å². The average Bonchev–Trinajstić information content (AvgIpc) is 2.87. The van der Waals surface area contributed by atoms with E-state index in [4.69, 9.17) is 14.3 Å². The highest BCUT2D eigenvalue weighted by Crippen LogP contribution is 2.11. The molecule has 0 aliphatic carbocycles. The van der Waals surface area contributed by atoms with Crippen molar-refractivity contribution in [3.63, 3.8) is 0 Å². The van der Waals surface area contributed by atoms with E-state index in [9.17, 15) is 14.4 Å². The topological polar surface area (TPSA) is 82.1 Å². The van der Waals surface area contributed by atoms with Crippen molar-refractivity contribution in [2.24, 2.45) is 0 Å². The monoisotopic (exact) mass is 513 g/mol. The Bertz CT molecular complexity index is 508. The number of carbonyl (C=O) groups excluding carboxylic acids is 3. The maximum absolute atomic E-state index is 12.3. The van der Waals surface area contributed by atoms with Crippen LogP contribution in [0.5, 0.6) is 0 Å². The molecule has 0 aliphatic rings. The van der Waals surface area contributed by atoms with Gasteiger partial charge in [0.05, 0.1) is 0 Å². The van der Waals surface area contributed by atoms with E-state index in [0.717, 1.165) is 62.9 Å². The molecule has 0 saturated carbocycles. The molecule has 0 aromatic heterocycles. The Balaban J connectivity index is 4.36. The number of hydrogen-bond acceptors (Lipinski definition) is 7. The first-order valence-electron chi connectivity index (χ1n) is 14.8. The third-order valence-corrected chi connectivity index (χ3v) is 6.17. The van der Waals surface area contributed by atoms with Gasteiger partial charge in [-0.05, 0) is 19.3 Å². The number of carbonyl (C=O) groups is 3. The summed E-state index contributed by atoms with van der Waals surface area (Å²) in [4.78, 5) is 41.9. The van der Waals surface area contributed by atoms with Gasteiger partial charge in [-0.25, -0.2) is 0 Å². The Morgan fingerprint density at radius 1 is 0.444 bits per heavy atom. The number of nitrogens with zero attached hydrogens (tertiary/aromatic N) is 1. The zero-order chi connectivity index (χ0) is 26.7. The summed E-state index contributed by atoms with van der Waals surface area (Å²) in [5, 5.41) is 1.14. The second kappa shape index (κ2) is 26.4. The van der Waals surface area contributed by atoms with Gasteiger partial charge in [0.1, 0.15) is 0 Å². The van der Waals surface area contributed by atoms with Crippen molar-refractivity contribution in [3.05, 3.63) is 0 Å². The van der Waals surface area contributed by atoms with E-state index in [2.05, 4.69) is 20.8 Å². The number of esters is 2. The van der Waals surface area contributed by atoms with E-state index in [-0.39, 0.29) is 25.4 Å². The second-order valence-corrected chi connectivity index (χ2v) is 9.79. The molecule has 0 heterocycles. The summed E-state index contributed by atoms with van der Waals surface area (Å²) in [6.07, 6.45) is 20.4. The lowest BCUT2D eigenvalue weighted by Gasteiger charge is -2.20. The molecule has 0 unspecified atom stereocenters. The molecule has 7 nitrogen and oxygen atoms in total. The largest absolute Gasteiger partial charge is 0.446 e. The van der Waals surface area contributed by atoms with Crippen LogP contribution in [-0.4, -0.2) is 36.4 Å². The van der Waals surface area contributed by atoms with Gasteiger partial charge in [0, 0.05) is 19.3 Å². The standard InChI is InChI=1S/C29H55NO6/c1-4-7-10-13-16-19-22-27(31)34-25-30(36-29(33)24-21-18-15-12-9-6-3)26-35-28(32)23-20-17-14-11-8-5-2/h4-26H2,1-3H3. The van der Waals surface area contributed by atoms with Crippen LogP contribution in [0.4, 0.5) is 0 Å². The van der Waals surface area contributed by atoms with Gasteiger partial charge in [0.2, 0.25) is 0 Å². The summed E-state index contributed by atoms with van der Waals surface area (Å²) >= 11 is 0. The summed E-state index contributed by atoms with van der Waals surface area (Å²) in [5.74, 6) is -1.06. The van der Waals surface area contributed by atoms with Crippen molar-refractivity contribution < 1.29 is 28.7 Å². The Hall–Kier alpha value is -1.63. The molecule has 0 aromatic carbocycles. The van der Waals surface area contributed by atoms with E-state index in [1.165, 1.54) is 57.8 Å². The summed E-state index contributed by atoms with van der Waals surface area (Å²) in [5.41, 5.74) is 0. The quantitative estimate of drug-likeness (QED) is 0.0501. The molecule has 0 bridgehead atoms. The molecule has 0 saturated heterocycles. The van der Waals surface area contributed by atoms with Gasteiger partial charge in [0.15, 0.2) is 13.5 Å². The highest BCUT2D eigenvalue weighted by molar-refractivity contribution is 5.70. The molecule has 0 aliphatic heterocycles. The SMILES string of the molecule is CCCCCCCCC(=O)OCN(COC(=O)CCCCCCCC)OC(=O)CCCCCCCC. The lowest BCUT2D eigenvalue weighted by molar-refractivity contribution is -0.238. The van der Waals surface area contributed by atoms with Crippen LogP contribution in [0.2, 0.25) is 0 Å². The van der Waals surface area contributed by atoms with E-state index < -0.39 is 5.97 Å². The van der Waals surface area contributed by atoms with Crippen molar-refractivity contribution in [1.29, 1.82) is 0 Å². The Labute approximate surface area is 220 Å². The van der Waals surface area contributed by atoms with Gasteiger partial charge in [-0.2, -0.15) is 0 Å². The van der Waals surface area contributed by atoms with Crippen molar-refractivity contribution in [3.8, 4) is 0 Å². The van der Waals surface area contributed by atoms with Crippen LogP contribution in [0.25, 0.3) is 0 Å². The van der Waals surface area contributed by atoms with Gasteiger partial charge in [-0.15, -0.1) is 0 Å². The third kappa shape index (κ3) is 24.1. The minimum atomic E-state index is -0.399. The summed E-state index contributed by atoms with van der Waals surface area (Å²) < 4.78 is 10.6. The van der Waals surface area contributed by atoms with Crippen molar-refractivity contribution >= 4 is 17.9 Å². The Morgan fingerprint density at radius 2 is 0.750 bits per heavy atom. The lowest BCUT2D eigenvalue weighted by Crippen LogP contribution is -2.34. The highest BCUT2D eigenvalue weighted by atomic mass is 16.8. The van der Waals surface area contributed by atoms with Gasteiger partial charge in [-0.1, -0.05) is 122 Å². The first kappa shape index (κ1) is 34.4. The number of hydrogen-bond donors (Lipinski definition) is 0. The smallest absolute Gasteiger partial charge is 0.325 e. The number of unbranched alkanes of at least 4 members (excludes halogenated alkanes) is 15. The van der Waals surface area contributed by atoms with Crippen molar-refractivity contribution in [2.45, 2.75) is 156 Å². The zero-order valence-electron chi connectivity index (χ0n) is 23.7. The minimum Gasteiger partial charge on any atom is -0.446 e. The first-order valence-corrected chi connectivity index (χ1v) is 14.8. The Morgan fingerprint density at radius 3 is 1.11 bits per heavy atom. The Kier molecular flexibility index (Phi) is 25.2. The average molecular weight is 514 g/mol. The molecular formula is C29H55NO6. The molecule has 0 fully saturated rings. The van der Waals surface area contributed by atoms with E-state index in [0.29, 0.717) is 19.3 Å². The van der Waals surface area contributed by atoms with Crippen LogP contribution >= 0.6 is 0 Å². The molecule has 0 rings (SSSR count). The molecule has 36 heavy (non-hydrogen) atoms. The van der Waals surface area contributed by atoms with E-state index >= 15 is 0 Å². The van der Waals surface area contributed by atoms with Crippen molar-refractivity contribution in [1.82, 2.24) is 5.06 Å². The molecule has 0 spiro atoms. The van der Waals surface area contributed by atoms with Crippen LogP contribution in [0.3, 0.4) is 0 Å². The molecule has 7 heteroatoms. The maximum atomic E-state index is 12.3. The fourth-order valence-corrected chi connectivity index (χ4v) is 3.86. The minimum absolute atomic E-state index is 0.235.